The predicted octanol–water partition coefficient (Wildman–Crippen LogP) is 2.01. The lowest BCUT2D eigenvalue weighted by Gasteiger charge is -2.09. The van der Waals surface area contributed by atoms with Crippen LogP contribution in [0.5, 0.6) is 0 Å². The molecule has 0 saturated carbocycles. The first-order chi connectivity index (χ1) is 9.30. The monoisotopic (exact) mass is 286 g/mol. The van der Waals surface area contributed by atoms with Crippen molar-refractivity contribution in [3.63, 3.8) is 0 Å². The highest BCUT2D eigenvalue weighted by molar-refractivity contribution is 5.93. The molecule has 0 radical (unpaired) electrons. The molecule has 2 rings (SSSR count). The summed E-state index contributed by atoms with van der Waals surface area (Å²) in [5.41, 5.74) is 0.136. The fourth-order valence-corrected chi connectivity index (χ4v) is 1.78. The van der Waals surface area contributed by atoms with E-state index in [0.717, 1.165) is 11.4 Å². The number of aryl methyl sites for hydroxylation is 1. The van der Waals surface area contributed by atoms with Gasteiger partial charge in [-0.25, -0.2) is 0 Å². The zero-order valence-electron chi connectivity index (χ0n) is 10.9. The van der Waals surface area contributed by atoms with Gasteiger partial charge in [0, 0.05) is 18.4 Å². The van der Waals surface area contributed by atoms with Gasteiger partial charge >= 0.3 is 6.18 Å². The van der Waals surface area contributed by atoms with Crippen LogP contribution in [0.2, 0.25) is 0 Å². The van der Waals surface area contributed by atoms with Crippen LogP contribution in [0, 0.1) is 6.92 Å². The van der Waals surface area contributed by atoms with Crippen LogP contribution in [-0.4, -0.2) is 20.7 Å². The Kier molecular flexibility index (Phi) is 3.56. The van der Waals surface area contributed by atoms with E-state index in [9.17, 15) is 18.0 Å². The largest absolute Gasteiger partial charge is 0.420 e. The average Bonchev–Trinajstić information content (AvgIpc) is 2.96. The highest BCUT2D eigenvalue weighted by Gasteiger charge is 2.37. The molecule has 0 bridgehead atoms. The van der Waals surface area contributed by atoms with Crippen LogP contribution in [0.1, 0.15) is 27.4 Å². The van der Waals surface area contributed by atoms with Crippen molar-refractivity contribution < 1.29 is 18.0 Å². The molecule has 0 aromatic carbocycles. The van der Waals surface area contributed by atoms with E-state index in [1.54, 1.807) is 6.07 Å². The number of amides is 1. The Morgan fingerprint density at radius 2 is 2.15 bits per heavy atom. The molecule has 0 fully saturated rings. The van der Waals surface area contributed by atoms with Crippen molar-refractivity contribution >= 4 is 5.91 Å². The number of halogens is 3. The van der Waals surface area contributed by atoms with E-state index >= 15 is 0 Å². The molecule has 0 aliphatic heterocycles. The maximum absolute atomic E-state index is 12.6. The molecule has 0 saturated heterocycles. The Hall–Kier alpha value is -2.25. The number of aromatic amines is 1. The van der Waals surface area contributed by atoms with E-state index in [-0.39, 0.29) is 6.54 Å². The molecule has 8 heteroatoms. The Balaban J connectivity index is 2.10. The van der Waals surface area contributed by atoms with Crippen molar-refractivity contribution in [1.82, 2.24) is 20.1 Å². The highest BCUT2D eigenvalue weighted by Crippen LogP contribution is 2.30. The predicted molar refractivity (Wildman–Crippen MR) is 64.9 cm³/mol. The summed E-state index contributed by atoms with van der Waals surface area (Å²) < 4.78 is 39.7. The Labute approximate surface area is 112 Å². The first-order valence-corrected chi connectivity index (χ1v) is 5.80. The molecular weight excluding hydrogens is 273 g/mol. The van der Waals surface area contributed by atoms with Gasteiger partial charge in [-0.2, -0.15) is 18.3 Å². The van der Waals surface area contributed by atoms with Crippen molar-refractivity contribution in [2.75, 3.05) is 0 Å². The molecule has 0 aliphatic carbocycles. The second-order valence-electron chi connectivity index (χ2n) is 4.36. The number of hydrogen-bond donors (Lipinski definition) is 2. The van der Waals surface area contributed by atoms with E-state index in [4.69, 9.17) is 0 Å². The molecule has 0 aliphatic rings. The van der Waals surface area contributed by atoms with Crippen LogP contribution in [-0.2, 0) is 19.8 Å². The second kappa shape index (κ2) is 5.03. The van der Waals surface area contributed by atoms with Gasteiger partial charge in [0.1, 0.15) is 11.3 Å². The summed E-state index contributed by atoms with van der Waals surface area (Å²) in [6.07, 6.45) is -4.01. The van der Waals surface area contributed by atoms with Crippen LogP contribution in [0.15, 0.2) is 18.3 Å². The molecule has 0 atom stereocenters. The van der Waals surface area contributed by atoms with Crippen LogP contribution in [0.25, 0.3) is 0 Å². The van der Waals surface area contributed by atoms with E-state index in [1.165, 1.54) is 0 Å². The summed E-state index contributed by atoms with van der Waals surface area (Å²) in [6, 6.07) is 3.66. The minimum absolute atomic E-state index is 0.138. The van der Waals surface area contributed by atoms with Gasteiger partial charge in [-0.05, 0) is 19.1 Å². The van der Waals surface area contributed by atoms with Gasteiger partial charge in [0.15, 0.2) is 0 Å². The van der Waals surface area contributed by atoms with E-state index in [1.807, 2.05) is 24.6 Å². The van der Waals surface area contributed by atoms with Gasteiger partial charge in [-0.1, -0.05) is 0 Å². The second-order valence-corrected chi connectivity index (χ2v) is 4.36. The van der Waals surface area contributed by atoms with Crippen LogP contribution < -0.4 is 5.32 Å². The minimum atomic E-state index is -4.61. The van der Waals surface area contributed by atoms with E-state index in [2.05, 4.69) is 15.5 Å². The Morgan fingerprint density at radius 3 is 2.70 bits per heavy atom. The van der Waals surface area contributed by atoms with Gasteiger partial charge in [-0.3, -0.25) is 9.89 Å². The molecule has 2 aromatic rings. The summed E-state index contributed by atoms with van der Waals surface area (Å²) in [7, 11) is 1.81. The molecule has 0 spiro atoms. The number of carbonyl (C=O) groups excluding carboxylic acids is 1. The number of aromatic nitrogens is 3. The lowest BCUT2D eigenvalue weighted by Crippen LogP contribution is -2.26. The average molecular weight is 286 g/mol. The fraction of sp³-hybridized carbons (Fsp3) is 0.333. The number of carbonyl (C=O) groups is 1. The van der Waals surface area contributed by atoms with Gasteiger partial charge < -0.3 is 9.88 Å². The van der Waals surface area contributed by atoms with E-state index in [0.29, 0.717) is 6.20 Å². The quantitative estimate of drug-likeness (QED) is 0.906. The number of H-pyrrole nitrogens is 1. The van der Waals surface area contributed by atoms with Crippen molar-refractivity contribution in [3.8, 4) is 0 Å². The van der Waals surface area contributed by atoms with Crippen molar-refractivity contribution in [3.05, 3.63) is 41.0 Å². The summed E-state index contributed by atoms with van der Waals surface area (Å²) in [6.45, 7) is 2.03. The SMILES string of the molecule is Cc1ccc(CNC(=O)c2[nH]ncc2C(F)(F)F)n1C. The topological polar surface area (TPSA) is 62.7 Å². The number of nitrogens with zero attached hydrogens (tertiary/aromatic N) is 2. The highest BCUT2D eigenvalue weighted by atomic mass is 19.4. The summed E-state index contributed by atoms with van der Waals surface area (Å²) >= 11 is 0. The molecule has 2 heterocycles. The molecule has 108 valence electrons. The lowest BCUT2D eigenvalue weighted by atomic mass is 10.2. The molecule has 20 heavy (non-hydrogen) atoms. The maximum atomic E-state index is 12.6. The van der Waals surface area contributed by atoms with Crippen LogP contribution in [0.4, 0.5) is 13.2 Å². The maximum Gasteiger partial charge on any atom is 0.420 e. The van der Waals surface area contributed by atoms with Crippen molar-refractivity contribution in [2.45, 2.75) is 19.6 Å². The van der Waals surface area contributed by atoms with E-state index < -0.39 is 23.3 Å². The molecular formula is C12H13F3N4O. The molecule has 2 aromatic heterocycles. The first kappa shape index (κ1) is 14.2. The van der Waals surface area contributed by atoms with Gasteiger partial charge in [0.2, 0.25) is 0 Å². The number of rotatable bonds is 3. The standard InChI is InChI=1S/C12H13F3N4O/c1-7-3-4-8(19(7)2)5-16-11(20)10-9(6-17-18-10)12(13,14)15/h3-4,6H,5H2,1-2H3,(H,16,20)(H,17,18). The van der Waals surface area contributed by atoms with Crippen molar-refractivity contribution in [1.29, 1.82) is 0 Å². The number of hydrogen-bond acceptors (Lipinski definition) is 2. The first-order valence-electron chi connectivity index (χ1n) is 5.80. The van der Waals surface area contributed by atoms with Gasteiger partial charge in [0.25, 0.3) is 5.91 Å². The van der Waals surface area contributed by atoms with Crippen LogP contribution >= 0.6 is 0 Å². The fourth-order valence-electron chi connectivity index (χ4n) is 1.78. The number of alkyl halides is 3. The zero-order chi connectivity index (χ0) is 14.9. The normalized spacial score (nSPS) is 11.7. The molecule has 0 unspecified atom stereocenters. The molecule has 1 amide bonds. The third-order valence-corrected chi connectivity index (χ3v) is 3.08. The third kappa shape index (κ3) is 2.68. The van der Waals surface area contributed by atoms with Gasteiger partial charge in [0.05, 0.1) is 12.7 Å². The lowest BCUT2D eigenvalue weighted by molar-refractivity contribution is -0.137. The molecule has 2 N–H and O–H groups in total. The Morgan fingerprint density at radius 1 is 1.45 bits per heavy atom. The zero-order valence-corrected chi connectivity index (χ0v) is 10.9. The molecule has 5 nitrogen and oxygen atoms in total. The van der Waals surface area contributed by atoms with Crippen molar-refractivity contribution in [2.24, 2.45) is 7.05 Å². The minimum Gasteiger partial charge on any atom is -0.350 e. The summed E-state index contributed by atoms with van der Waals surface area (Å²) in [5, 5.41) is 7.79. The summed E-state index contributed by atoms with van der Waals surface area (Å²) in [4.78, 5) is 11.8. The van der Waals surface area contributed by atoms with Gasteiger partial charge in [-0.15, -0.1) is 0 Å². The van der Waals surface area contributed by atoms with Crippen LogP contribution in [0.3, 0.4) is 0 Å². The summed E-state index contributed by atoms with van der Waals surface area (Å²) in [5.74, 6) is -0.839. The Bertz CT molecular complexity index is 627. The smallest absolute Gasteiger partial charge is 0.350 e. The third-order valence-electron chi connectivity index (χ3n) is 3.08. The number of nitrogens with one attached hydrogen (secondary N) is 2.